The molecule has 0 bridgehead atoms. The molecule has 0 fully saturated rings. The van der Waals surface area contributed by atoms with Crippen LogP contribution >= 0.6 is 0 Å². The third-order valence-corrected chi connectivity index (χ3v) is 3.91. The summed E-state index contributed by atoms with van der Waals surface area (Å²) in [6, 6.07) is 8.24. The average Bonchev–Trinajstić information content (AvgIpc) is 2.87. The van der Waals surface area contributed by atoms with Gasteiger partial charge in [-0.3, -0.25) is 4.79 Å². The van der Waals surface area contributed by atoms with Gasteiger partial charge in [-0.25, -0.2) is 4.98 Å². The van der Waals surface area contributed by atoms with Crippen LogP contribution in [0.3, 0.4) is 0 Å². The molecule has 1 N–H and O–H groups in total. The topological polar surface area (TPSA) is 46.9 Å². The monoisotopic (exact) mass is 325 g/mol. The molecule has 4 heteroatoms. The van der Waals surface area contributed by atoms with Crippen molar-refractivity contribution in [1.29, 1.82) is 0 Å². The molecule has 4 nitrogen and oxygen atoms in total. The second-order valence-corrected chi connectivity index (χ2v) is 6.41. The molecule has 0 unspecified atom stereocenters. The van der Waals surface area contributed by atoms with Gasteiger partial charge in [-0.2, -0.15) is 0 Å². The number of unbranched alkanes of at least 4 members (excludes halogenated alkanes) is 2. The van der Waals surface area contributed by atoms with Crippen molar-refractivity contribution in [2.24, 2.45) is 0 Å². The molecule has 2 rings (SSSR count). The fourth-order valence-electron chi connectivity index (χ4n) is 2.70. The zero-order valence-electron chi connectivity index (χ0n) is 14.8. The van der Waals surface area contributed by atoms with Crippen molar-refractivity contribution in [3.8, 4) is 0 Å². The Morgan fingerprint density at radius 2 is 1.92 bits per heavy atom. The first-order chi connectivity index (χ1) is 11.5. The SMILES string of the molecule is C=C(C)Cn1c(CCCCCNC(=O)C(=C)C)nc2ccccc21. The van der Waals surface area contributed by atoms with Gasteiger partial charge in [0.25, 0.3) is 0 Å². The summed E-state index contributed by atoms with van der Waals surface area (Å²) >= 11 is 0. The highest BCUT2D eigenvalue weighted by Gasteiger charge is 2.10. The number of fused-ring (bicyclic) bond motifs is 1. The van der Waals surface area contributed by atoms with E-state index in [0.717, 1.165) is 49.1 Å². The maximum atomic E-state index is 11.4. The summed E-state index contributed by atoms with van der Waals surface area (Å²) in [7, 11) is 0. The molecule has 0 aliphatic carbocycles. The number of hydrogen-bond donors (Lipinski definition) is 1. The third-order valence-electron chi connectivity index (χ3n) is 3.91. The lowest BCUT2D eigenvalue weighted by atomic mass is 10.2. The van der Waals surface area contributed by atoms with Gasteiger partial charge in [-0.15, -0.1) is 0 Å². The third kappa shape index (κ3) is 4.82. The first kappa shape index (κ1) is 18.0. The van der Waals surface area contributed by atoms with E-state index in [2.05, 4.69) is 35.2 Å². The number of hydrogen-bond acceptors (Lipinski definition) is 2. The van der Waals surface area contributed by atoms with Crippen LogP contribution in [0.25, 0.3) is 11.0 Å². The first-order valence-corrected chi connectivity index (χ1v) is 8.51. The number of aryl methyl sites for hydroxylation is 1. The number of aromatic nitrogens is 2. The number of carbonyl (C=O) groups excluding carboxylic acids is 1. The molecule has 1 aromatic heterocycles. The minimum atomic E-state index is -0.0572. The Hall–Kier alpha value is -2.36. The molecule has 0 radical (unpaired) electrons. The molecule has 128 valence electrons. The highest BCUT2D eigenvalue weighted by atomic mass is 16.1. The minimum absolute atomic E-state index is 0.0572. The molecule has 24 heavy (non-hydrogen) atoms. The van der Waals surface area contributed by atoms with E-state index in [1.807, 2.05) is 19.1 Å². The first-order valence-electron chi connectivity index (χ1n) is 8.51. The van der Waals surface area contributed by atoms with Crippen LogP contribution in [0.2, 0.25) is 0 Å². The number of imidazole rings is 1. The van der Waals surface area contributed by atoms with Crippen LogP contribution < -0.4 is 5.32 Å². The molecular weight excluding hydrogens is 298 g/mol. The molecule has 0 saturated carbocycles. The van der Waals surface area contributed by atoms with E-state index in [4.69, 9.17) is 4.98 Å². The molecule has 0 saturated heterocycles. The van der Waals surface area contributed by atoms with Crippen LogP contribution in [0.1, 0.15) is 38.9 Å². The lowest BCUT2D eigenvalue weighted by Crippen LogP contribution is -2.24. The number of nitrogens with one attached hydrogen (secondary N) is 1. The molecule has 0 spiro atoms. The van der Waals surface area contributed by atoms with E-state index >= 15 is 0 Å². The minimum Gasteiger partial charge on any atom is -0.352 e. The van der Waals surface area contributed by atoms with Gasteiger partial charge in [-0.1, -0.05) is 37.3 Å². The van der Waals surface area contributed by atoms with Crippen molar-refractivity contribution in [2.45, 2.75) is 46.1 Å². The second kappa shape index (κ2) is 8.48. The van der Waals surface area contributed by atoms with Gasteiger partial charge in [0.05, 0.1) is 11.0 Å². The number of allylic oxidation sites excluding steroid dienone is 1. The van der Waals surface area contributed by atoms with Crippen molar-refractivity contribution >= 4 is 16.9 Å². The van der Waals surface area contributed by atoms with E-state index in [0.29, 0.717) is 12.1 Å². The van der Waals surface area contributed by atoms with Gasteiger partial charge >= 0.3 is 0 Å². The van der Waals surface area contributed by atoms with E-state index in [-0.39, 0.29) is 5.91 Å². The largest absolute Gasteiger partial charge is 0.352 e. The Morgan fingerprint density at radius 3 is 2.62 bits per heavy atom. The lowest BCUT2D eigenvalue weighted by molar-refractivity contribution is -0.117. The quantitative estimate of drug-likeness (QED) is 0.430. The van der Waals surface area contributed by atoms with Gasteiger partial charge < -0.3 is 9.88 Å². The number of benzene rings is 1. The van der Waals surface area contributed by atoms with E-state index in [9.17, 15) is 4.79 Å². The van der Waals surface area contributed by atoms with Gasteiger partial charge in [0, 0.05) is 25.1 Å². The molecule has 1 aromatic carbocycles. The zero-order valence-corrected chi connectivity index (χ0v) is 14.8. The predicted molar refractivity (Wildman–Crippen MR) is 99.9 cm³/mol. The van der Waals surface area contributed by atoms with Gasteiger partial charge in [0.2, 0.25) is 5.91 Å². The number of rotatable bonds is 9. The summed E-state index contributed by atoms with van der Waals surface area (Å²) < 4.78 is 2.26. The summed E-state index contributed by atoms with van der Waals surface area (Å²) in [5, 5.41) is 2.87. The van der Waals surface area contributed by atoms with E-state index in [1.54, 1.807) is 6.92 Å². The van der Waals surface area contributed by atoms with Crippen molar-refractivity contribution in [3.63, 3.8) is 0 Å². The fraction of sp³-hybridized carbons (Fsp3) is 0.400. The molecule has 1 heterocycles. The summed E-state index contributed by atoms with van der Waals surface area (Å²) in [4.78, 5) is 16.2. The van der Waals surface area contributed by atoms with Crippen molar-refractivity contribution < 1.29 is 4.79 Å². The highest BCUT2D eigenvalue weighted by Crippen LogP contribution is 2.19. The predicted octanol–water partition coefficient (Wildman–Crippen LogP) is 4.02. The number of nitrogens with zero attached hydrogens (tertiary/aromatic N) is 2. The maximum absolute atomic E-state index is 11.4. The van der Waals surface area contributed by atoms with Crippen LogP contribution in [0, 0.1) is 0 Å². The number of amides is 1. The molecular formula is C20H27N3O. The fourth-order valence-corrected chi connectivity index (χ4v) is 2.70. The Kier molecular flexibility index (Phi) is 6.36. The Morgan fingerprint density at radius 1 is 1.17 bits per heavy atom. The van der Waals surface area contributed by atoms with Crippen LogP contribution in [-0.2, 0) is 17.8 Å². The van der Waals surface area contributed by atoms with E-state index < -0.39 is 0 Å². The van der Waals surface area contributed by atoms with Crippen molar-refractivity contribution in [2.75, 3.05) is 6.54 Å². The van der Waals surface area contributed by atoms with Crippen molar-refractivity contribution in [3.05, 3.63) is 54.4 Å². The molecule has 2 aromatic rings. The number of carbonyl (C=O) groups is 1. The number of para-hydroxylation sites is 2. The molecule has 0 aliphatic rings. The average molecular weight is 325 g/mol. The maximum Gasteiger partial charge on any atom is 0.246 e. The second-order valence-electron chi connectivity index (χ2n) is 6.41. The zero-order chi connectivity index (χ0) is 17.5. The smallest absolute Gasteiger partial charge is 0.246 e. The summed E-state index contributed by atoms with van der Waals surface area (Å²) in [5.74, 6) is 1.06. The van der Waals surface area contributed by atoms with Crippen LogP contribution in [-0.4, -0.2) is 22.0 Å². The van der Waals surface area contributed by atoms with Gasteiger partial charge in [0.15, 0.2) is 0 Å². The van der Waals surface area contributed by atoms with Crippen LogP contribution in [0.4, 0.5) is 0 Å². The van der Waals surface area contributed by atoms with E-state index in [1.165, 1.54) is 5.52 Å². The Labute approximate surface area is 144 Å². The Bertz CT molecular complexity index is 742. The summed E-state index contributed by atoms with van der Waals surface area (Å²) in [5.41, 5.74) is 3.90. The normalized spacial score (nSPS) is 10.8. The van der Waals surface area contributed by atoms with Crippen LogP contribution in [0.15, 0.2) is 48.6 Å². The van der Waals surface area contributed by atoms with Crippen molar-refractivity contribution in [1.82, 2.24) is 14.9 Å². The molecule has 0 aliphatic heterocycles. The summed E-state index contributed by atoms with van der Waals surface area (Å²) in [6.07, 6.45) is 4.03. The highest BCUT2D eigenvalue weighted by molar-refractivity contribution is 5.92. The van der Waals surface area contributed by atoms with Gasteiger partial charge in [-0.05, 0) is 38.8 Å². The molecule has 0 atom stereocenters. The summed E-state index contributed by atoms with van der Waals surface area (Å²) in [6.45, 7) is 12.9. The standard InChI is InChI=1S/C20H27N3O/c1-15(2)14-23-18-11-8-7-10-17(18)22-19(23)12-6-5-9-13-21-20(24)16(3)4/h7-8,10-11H,1,3,5-6,9,12-14H2,2,4H3,(H,21,24). The van der Waals surface area contributed by atoms with Crippen LogP contribution in [0.5, 0.6) is 0 Å². The Balaban J connectivity index is 1.89. The lowest BCUT2D eigenvalue weighted by Gasteiger charge is -2.09. The van der Waals surface area contributed by atoms with Gasteiger partial charge in [0.1, 0.15) is 5.82 Å². The molecule has 1 amide bonds.